The molecule has 0 fully saturated rings. The molecule has 0 N–H and O–H groups in total. The molecule has 4 heterocycles. The lowest BCUT2D eigenvalue weighted by Gasteiger charge is -2.28. The van der Waals surface area contributed by atoms with E-state index in [-0.39, 0.29) is 16.7 Å². The molecule has 71 heavy (non-hydrogen) atoms. The van der Waals surface area contributed by atoms with Crippen molar-refractivity contribution in [2.45, 2.75) is 53.4 Å². The smallest absolute Gasteiger partial charge is 0.167 e. The third-order valence-corrected chi connectivity index (χ3v) is 14.3. The number of hydrogen-bond donors (Lipinski definition) is 0. The molecule has 6 nitrogen and oxygen atoms in total. The molecule has 8 aromatic carbocycles. The number of furan rings is 2. The number of rotatable bonds is 9. The fraction of sp³-hybridized carbons (Fsp3) is 0.154. The predicted molar refractivity (Wildman–Crippen MR) is 294 cm³/mol. The van der Waals surface area contributed by atoms with Gasteiger partial charge in [-0.1, -0.05) is 175 Å². The van der Waals surface area contributed by atoms with Crippen LogP contribution in [0.25, 0.3) is 117 Å². The zero-order valence-electron chi connectivity index (χ0n) is 41.0. The molecule has 12 rings (SSSR count). The Hall–Kier alpha value is -8.35. The molecule has 0 spiro atoms. The molecule has 4 aromatic heterocycles. The van der Waals surface area contributed by atoms with E-state index in [2.05, 4.69) is 186 Å². The Balaban J connectivity index is 1.17. The summed E-state index contributed by atoms with van der Waals surface area (Å²) >= 11 is 0. The highest BCUT2D eigenvalue weighted by molar-refractivity contribution is 6.12. The van der Waals surface area contributed by atoms with Crippen molar-refractivity contribution in [3.63, 3.8) is 0 Å². The van der Waals surface area contributed by atoms with Gasteiger partial charge in [0.1, 0.15) is 22.3 Å². The lowest BCUT2D eigenvalue weighted by molar-refractivity contribution is 0.292. The Morgan fingerprint density at radius 3 is 1.73 bits per heavy atom. The quantitative estimate of drug-likeness (QED) is 0.135. The number of para-hydroxylation sites is 3. The first-order chi connectivity index (χ1) is 34.4. The van der Waals surface area contributed by atoms with E-state index in [0.29, 0.717) is 17.5 Å². The molecular weight excluding hydrogens is 869 g/mol. The van der Waals surface area contributed by atoms with Gasteiger partial charge in [-0.05, 0) is 94.0 Å². The number of hydrogen-bond acceptors (Lipinski definition) is 5. The van der Waals surface area contributed by atoms with Crippen LogP contribution in [0, 0.1) is 11.3 Å². The number of nitrogens with zero attached hydrogens (tertiary/aromatic N) is 4. The zero-order valence-corrected chi connectivity index (χ0v) is 41.0. The molecule has 0 bridgehead atoms. The van der Waals surface area contributed by atoms with Crippen LogP contribution in [0.5, 0.6) is 0 Å². The van der Waals surface area contributed by atoms with Crippen molar-refractivity contribution in [3.05, 3.63) is 206 Å². The summed E-state index contributed by atoms with van der Waals surface area (Å²) in [6, 6.07) is 61.6. The Morgan fingerprint density at radius 2 is 1.07 bits per heavy atom. The molecule has 0 aliphatic rings. The van der Waals surface area contributed by atoms with Crippen LogP contribution in [0.15, 0.2) is 204 Å². The van der Waals surface area contributed by atoms with E-state index in [1.165, 1.54) is 16.5 Å². The largest absolute Gasteiger partial charge is 0.456 e. The van der Waals surface area contributed by atoms with Crippen molar-refractivity contribution in [3.8, 4) is 62.1 Å². The molecule has 12 aromatic rings. The normalized spacial score (nSPS) is 12.7. The van der Waals surface area contributed by atoms with Gasteiger partial charge < -0.3 is 13.4 Å². The second-order valence-corrected chi connectivity index (χ2v) is 20.9. The molecule has 1 atom stereocenters. The van der Waals surface area contributed by atoms with Crippen LogP contribution in [0.2, 0.25) is 0 Å². The van der Waals surface area contributed by atoms with Gasteiger partial charge in [0, 0.05) is 55.4 Å². The Kier molecular flexibility index (Phi) is 10.5. The SMILES string of the molecule is C=CC(Cc1cn(-c2c(-c3ccccc3)cc(-c3nc(-c4cccc5c4oc4ccccc45)nc(-c4cccc5oc6ccccc6c45)n3)cc2-c2ccccc2)c2ccc(C(C)(C)C)cc12)C(C)(C)C. The fourth-order valence-electron chi connectivity index (χ4n) is 10.4. The van der Waals surface area contributed by atoms with Gasteiger partial charge in [-0.3, -0.25) is 0 Å². The van der Waals surface area contributed by atoms with Crippen LogP contribution in [0.4, 0.5) is 0 Å². The summed E-state index contributed by atoms with van der Waals surface area (Å²) in [6.45, 7) is 18.1. The first kappa shape index (κ1) is 43.9. The topological polar surface area (TPSA) is 69.9 Å². The van der Waals surface area contributed by atoms with Gasteiger partial charge in [0.05, 0.1) is 16.8 Å². The standard InChI is InChI=1S/C65H54N4O2/c1-8-44(64(2,3)4)35-43-39-69(54-34-33-45(38-51(43)54)65(5,6)7)59-52(40-21-11-9-12-22-40)36-42(37-53(59)41-23-13-10-14-24-41)61-66-62(49-28-20-32-57-58(49)48-26-16-18-31-56(48)70-57)68-63(67-61)50-29-19-27-47-46-25-15-17-30-55(46)71-60(47)50/h8-34,36-39,44H,1,35H2,2-7H3. The molecule has 0 aliphatic heterocycles. The highest BCUT2D eigenvalue weighted by Crippen LogP contribution is 2.45. The third-order valence-electron chi connectivity index (χ3n) is 14.3. The van der Waals surface area contributed by atoms with Crippen molar-refractivity contribution in [1.29, 1.82) is 0 Å². The van der Waals surface area contributed by atoms with Crippen LogP contribution in [-0.4, -0.2) is 19.5 Å². The number of aromatic nitrogens is 4. The van der Waals surface area contributed by atoms with E-state index in [9.17, 15) is 0 Å². The Bertz CT molecular complexity index is 3950. The van der Waals surface area contributed by atoms with Gasteiger partial charge in [-0.2, -0.15) is 0 Å². The highest BCUT2D eigenvalue weighted by atomic mass is 16.3. The first-order valence-electron chi connectivity index (χ1n) is 24.6. The van der Waals surface area contributed by atoms with Gasteiger partial charge in [0.15, 0.2) is 17.5 Å². The van der Waals surface area contributed by atoms with E-state index in [1.807, 2.05) is 54.6 Å². The van der Waals surface area contributed by atoms with Crippen molar-refractivity contribution < 1.29 is 8.83 Å². The molecule has 0 amide bonds. The minimum Gasteiger partial charge on any atom is -0.456 e. The Morgan fingerprint density at radius 1 is 0.507 bits per heavy atom. The van der Waals surface area contributed by atoms with Gasteiger partial charge in [0.2, 0.25) is 0 Å². The van der Waals surface area contributed by atoms with E-state index in [1.54, 1.807) is 0 Å². The van der Waals surface area contributed by atoms with Crippen molar-refractivity contribution in [1.82, 2.24) is 19.5 Å². The van der Waals surface area contributed by atoms with Gasteiger partial charge in [0.25, 0.3) is 0 Å². The van der Waals surface area contributed by atoms with Crippen molar-refractivity contribution in [2.24, 2.45) is 11.3 Å². The number of allylic oxidation sites excluding steroid dienone is 1. The summed E-state index contributed by atoms with van der Waals surface area (Å²) in [4.78, 5) is 16.3. The molecule has 0 saturated heterocycles. The van der Waals surface area contributed by atoms with E-state index < -0.39 is 0 Å². The summed E-state index contributed by atoms with van der Waals surface area (Å²) in [7, 11) is 0. The van der Waals surface area contributed by atoms with Crippen LogP contribution in [0.1, 0.15) is 52.7 Å². The monoisotopic (exact) mass is 922 g/mol. The minimum absolute atomic E-state index is 0.0261. The van der Waals surface area contributed by atoms with Crippen molar-refractivity contribution in [2.75, 3.05) is 0 Å². The lowest BCUT2D eigenvalue weighted by atomic mass is 9.77. The molecule has 0 saturated carbocycles. The van der Waals surface area contributed by atoms with Crippen LogP contribution < -0.4 is 0 Å². The predicted octanol–water partition coefficient (Wildman–Crippen LogP) is 17.6. The van der Waals surface area contributed by atoms with Gasteiger partial charge in [-0.25, -0.2) is 15.0 Å². The molecule has 1 unspecified atom stereocenters. The highest BCUT2D eigenvalue weighted by Gasteiger charge is 2.28. The lowest BCUT2D eigenvalue weighted by Crippen LogP contribution is -2.20. The molecule has 346 valence electrons. The maximum absolute atomic E-state index is 6.65. The van der Waals surface area contributed by atoms with E-state index in [0.717, 1.165) is 100 Å². The Labute approximate surface area is 414 Å². The van der Waals surface area contributed by atoms with Crippen molar-refractivity contribution >= 4 is 54.8 Å². The summed E-state index contributed by atoms with van der Waals surface area (Å²) in [6.07, 6.45) is 5.38. The molecular formula is C65H54N4O2. The first-order valence-corrected chi connectivity index (χ1v) is 24.6. The zero-order chi connectivity index (χ0) is 48.6. The number of benzene rings is 8. The van der Waals surface area contributed by atoms with Gasteiger partial charge >= 0.3 is 0 Å². The second kappa shape index (κ2) is 17.0. The summed E-state index contributed by atoms with van der Waals surface area (Å²) in [5.74, 6) is 1.84. The summed E-state index contributed by atoms with van der Waals surface area (Å²) < 4.78 is 15.5. The minimum atomic E-state index is -0.0319. The van der Waals surface area contributed by atoms with Crippen LogP contribution in [-0.2, 0) is 11.8 Å². The van der Waals surface area contributed by atoms with Gasteiger partial charge in [-0.15, -0.1) is 6.58 Å². The number of fused-ring (bicyclic) bond motifs is 7. The van der Waals surface area contributed by atoms with Crippen LogP contribution in [0.3, 0.4) is 0 Å². The second-order valence-electron chi connectivity index (χ2n) is 20.9. The third kappa shape index (κ3) is 7.71. The molecule has 6 heteroatoms. The maximum Gasteiger partial charge on any atom is 0.167 e. The average molecular weight is 923 g/mol. The molecule has 0 radical (unpaired) electrons. The van der Waals surface area contributed by atoms with E-state index >= 15 is 0 Å². The fourth-order valence-corrected chi connectivity index (χ4v) is 10.4. The van der Waals surface area contributed by atoms with E-state index in [4.69, 9.17) is 23.8 Å². The summed E-state index contributed by atoms with van der Waals surface area (Å²) in [5.41, 5.74) is 14.7. The van der Waals surface area contributed by atoms with Crippen LogP contribution >= 0.6 is 0 Å². The summed E-state index contributed by atoms with van der Waals surface area (Å²) in [5, 5.41) is 5.24. The molecule has 0 aliphatic carbocycles. The average Bonchev–Trinajstić information content (AvgIpc) is 4.08. The maximum atomic E-state index is 6.65.